The Kier molecular flexibility index (Phi) is 5.82. The zero-order chi connectivity index (χ0) is 19.9. The molecule has 3 aromatic carbocycles. The molecule has 0 spiro atoms. The highest BCUT2D eigenvalue weighted by Crippen LogP contribution is 2.29. The lowest BCUT2D eigenvalue weighted by Gasteiger charge is -2.12. The van der Waals surface area contributed by atoms with Crippen molar-refractivity contribution in [2.24, 2.45) is 0 Å². The predicted molar refractivity (Wildman–Crippen MR) is 110 cm³/mol. The van der Waals surface area contributed by atoms with Gasteiger partial charge in [0.1, 0.15) is 0 Å². The van der Waals surface area contributed by atoms with Crippen molar-refractivity contribution in [1.29, 1.82) is 0 Å². The highest BCUT2D eigenvalue weighted by atomic mass is 16.4. The van der Waals surface area contributed by atoms with Crippen LogP contribution in [0.5, 0.6) is 0 Å². The van der Waals surface area contributed by atoms with Gasteiger partial charge < -0.3 is 10.2 Å². The summed E-state index contributed by atoms with van der Waals surface area (Å²) < 4.78 is 0. The number of carboxylic acid groups (broad SMARTS) is 2. The highest BCUT2D eigenvalue weighted by Gasteiger charge is 2.20. The van der Waals surface area contributed by atoms with Gasteiger partial charge in [-0.2, -0.15) is 0 Å². The Morgan fingerprint density at radius 2 is 0.857 bits per heavy atom. The second-order valence-corrected chi connectivity index (χ2v) is 6.09. The smallest absolute Gasteiger partial charge is 0.336 e. The number of aliphatic carboxylic acids is 2. The third-order valence-corrected chi connectivity index (χ3v) is 4.19. The largest absolute Gasteiger partial charge is 0.478 e. The maximum Gasteiger partial charge on any atom is 0.336 e. The minimum atomic E-state index is -1.12. The van der Waals surface area contributed by atoms with Gasteiger partial charge in [0, 0.05) is 0 Å². The molecule has 2 N–H and O–H groups in total. The Labute approximate surface area is 162 Å². The molecule has 0 aliphatic rings. The van der Waals surface area contributed by atoms with Gasteiger partial charge in [-0.1, -0.05) is 84.9 Å². The molecule has 0 radical (unpaired) electrons. The standard InChI is InChI=1S/C24H18O4/c25-23(26)21(15-17-9-3-1-4-10-17)19-13-7-8-14-20(19)22(24(27)28)16-18-11-5-2-6-12-18/h1-16H,(H,25,26)(H,27,28). The van der Waals surface area contributed by atoms with E-state index in [9.17, 15) is 19.8 Å². The van der Waals surface area contributed by atoms with Gasteiger partial charge in [-0.05, 0) is 34.4 Å². The summed E-state index contributed by atoms with van der Waals surface area (Å²) in [5.74, 6) is -2.25. The summed E-state index contributed by atoms with van der Waals surface area (Å²) in [7, 11) is 0. The molecule has 0 heterocycles. The molecule has 0 bridgehead atoms. The third kappa shape index (κ3) is 4.43. The van der Waals surface area contributed by atoms with Crippen LogP contribution in [0, 0.1) is 0 Å². The van der Waals surface area contributed by atoms with E-state index in [4.69, 9.17) is 0 Å². The van der Waals surface area contributed by atoms with Gasteiger partial charge in [0.25, 0.3) is 0 Å². The molecule has 0 aliphatic carbocycles. The van der Waals surface area contributed by atoms with E-state index < -0.39 is 11.9 Å². The van der Waals surface area contributed by atoms with Crippen LogP contribution < -0.4 is 0 Å². The van der Waals surface area contributed by atoms with Crippen LogP contribution in [0.1, 0.15) is 22.3 Å². The molecule has 0 aromatic heterocycles. The molecular formula is C24H18O4. The van der Waals surface area contributed by atoms with Crippen LogP contribution in [0.3, 0.4) is 0 Å². The number of rotatable bonds is 6. The summed E-state index contributed by atoms with van der Waals surface area (Å²) in [6.45, 7) is 0. The van der Waals surface area contributed by atoms with Crippen LogP contribution in [0.4, 0.5) is 0 Å². The lowest BCUT2D eigenvalue weighted by atomic mass is 9.92. The Hall–Kier alpha value is -3.92. The van der Waals surface area contributed by atoms with E-state index in [1.54, 1.807) is 60.7 Å². The summed E-state index contributed by atoms with van der Waals surface area (Å²) in [4.78, 5) is 23.9. The molecule has 4 nitrogen and oxygen atoms in total. The highest BCUT2D eigenvalue weighted by molar-refractivity contribution is 6.26. The van der Waals surface area contributed by atoms with Crippen LogP contribution in [0.25, 0.3) is 23.3 Å². The van der Waals surface area contributed by atoms with E-state index >= 15 is 0 Å². The molecule has 4 heteroatoms. The van der Waals surface area contributed by atoms with Gasteiger partial charge in [0.05, 0.1) is 11.1 Å². The van der Waals surface area contributed by atoms with E-state index in [1.165, 1.54) is 0 Å². The first-order chi connectivity index (χ1) is 13.6. The quantitative estimate of drug-likeness (QED) is 0.476. The normalized spacial score (nSPS) is 11.9. The van der Waals surface area contributed by atoms with Crippen molar-refractivity contribution in [3.05, 3.63) is 107 Å². The summed E-state index contributed by atoms with van der Waals surface area (Å²) in [6.07, 6.45) is 3.09. The number of hydrogen-bond donors (Lipinski definition) is 2. The van der Waals surface area contributed by atoms with Crippen LogP contribution >= 0.6 is 0 Å². The van der Waals surface area contributed by atoms with Gasteiger partial charge in [-0.15, -0.1) is 0 Å². The Bertz CT molecular complexity index is 962. The zero-order valence-corrected chi connectivity index (χ0v) is 14.9. The van der Waals surface area contributed by atoms with Crippen molar-refractivity contribution >= 4 is 35.2 Å². The zero-order valence-electron chi connectivity index (χ0n) is 14.9. The topological polar surface area (TPSA) is 74.6 Å². The molecule has 3 aromatic rings. The van der Waals surface area contributed by atoms with Gasteiger partial charge >= 0.3 is 11.9 Å². The summed E-state index contributed by atoms with van der Waals surface area (Å²) in [6, 6.07) is 24.8. The molecule has 3 rings (SSSR count). The molecule has 0 saturated heterocycles. The van der Waals surface area contributed by atoms with Crippen molar-refractivity contribution in [1.82, 2.24) is 0 Å². The van der Waals surface area contributed by atoms with Gasteiger partial charge in [0.2, 0.25) is 0 Å². The van der Waals surface area contributed by atoms with E-state index in [0.717, 1.165) is 11.1 Å². The van der Waals surface area contributed by atoms with Crippen LogP contribution in [-0.4, -0.2) is 22.2 Å². The van der Waals surface area contributed by atoms with Crippen LogP contribution in [0.2, 0.25) is 0 Å². The first-order valence-corrected chi connectivity index (χ1v) is 8.66. The minimum absolute atomic E-state index is 0.0296. The van der Waals surface area contributed by atoms with E-state index in [0.29, 0.717) is 11.1 Å². The molecular weight excluding hydrogens is 352 g/mol. The minimum Gasteiger partial charge on any atom is -0.478 e. The number of carbonyl (C=O) groups is 2. The third-order valence-electron chi connectivity index (χ3n) is 4.19. The van der Waals surface area contributed by atoms with E-state index in [2.05, 4.69) is 0 Å². The average Bonchev–Trinajstić information content (AvgIpc) is 2.71. The van der Waals surface area contributed by atoms with Crippen molar-refractivity contribution in [2.45, 2.75) is 0 Å². The lowest BCUT2D eigenvalue weighted by molar-refractivity contribution is -0.131. The first-order valence-electron chi connectivity index (χ1n) is 8.66. The van der Waals surface area contributed by atoms with E-state index in [1.807, 2.05) is 36.4 Å². The second kappa shape index (κ2) is 8.64. The summed E-state index contributed by atoms with van der Waals surface area (Å²) >= 11 is 0. The maximum atomic E-state index is 12.0. The average molecular weight is 370 g/mol. The number of carboxylic acids is 2. The first kappa shape index (κ1) is 18.9. The van der Waals surface area contributed by atoms with Crippen LogP contribution in [-0.2, 0) is 9.59 Å². The molecule has 0 amide bonds. The molecule has 28 heavy (non-hydrogen) atoms. The van der Waals surface area contributed by atoms with Crippen molar-refractivity contribution in [2.75, 3.05) is 0 Å². The number of benzene rings is 3. The maximum absolute atomic E-state index is 12.0. The lowest BCUT2D eigenvalue weighted by Crippen LogP contribution is -2.07. The van der Waals surface area contributed by atoms with Crippen molar-refractivity contribution in [3.63, 3.8) is 0 Å². The van der Waals surface area contributed by atoms with Gasteiger partial charge in [-0.25, -0.2) is 9.59 Å². The number of hydrogen-bond acceptors (Lipinski definition) is 2. The van der Waals surface area contributed by atoms with Gasteiger partial charge in [-0.3, -0.25) is 0 Å². The Morgan fingerprint density at radius 3 is 1.18 bits per heavy atom. The molecule has 0 unspecified atom stereocenters. The Balaban J connectivity index is 2.18. The molecule has 0 atom stereocenters. The molecule has 0 saturated carbocycles. The molecule has 0 aliphatic heterocycles. The summed E-state index contributed by atoms with van der Waals surface area (Å²) in [5.41, 5.74) is 2.20. The monoisotopic (exact) mass is 370 g/mol. The fraction of sp³-hybridized carbons (Fsp3) is 0. The Morgan fingerprint density at radius 1 is 0.536 bits per heavy atom. The van der Waals surface area contributed by atoms with Crippen molar-refractivity contribution < 1.29 is 19.8 Å². The fourth-order valence-corrected chi connectivity index (χ4v) is 2.89. The second-order valence-electron chi connectivity index (χ2n) is 6.09. The van der Waals surface area contributed by atoms with Crippen LogP contribution in [0.15, 0.2) is 84.9 Å². The molecule has 0 fully saturated rings. The fourth-order valence-electron chi connectivity index (χ4n) is 2.89. The van der Waals surface area contributed by atoms with Gasteiger partial charge in [0.15, 0.2) is 0 Å². The van der Waals surface area contributed by atoms with Crippen molar-refractivity contribution in [3.8, 4) is 0 Å². The van der Waals surface area contributed by atoms with E-state index in [-0.39, 0.29) is 11.1 Å². The predicted octanol–water partition coefficient (Wildman–Crippen LogP) is 4.94. The molecule has 138 valence electrons. The summed E-state index contributed by atoms with van der Waals surface area (Å²) in [5, 5.41) is 19.6. The SMILES string of the molecule is O=C(O)C(=Cc1ccccc1)c1ccccc1C(=Cc1ccccc1)C(=O)O.